The summed E-state index contributed by atoms with van der Waals surface area (Å²) in [6, 6.07) is 93.4. The third-order valence-electron chi connectivity index (χ3n) is 13.5. The van der Waals surface area contributed by atoms with E-state index < -0.39 is 0 Å². The molecule has 0 aliphatic carbocycles. The van der Waals surface area contributed by atoms with Crippen LogP contribution in [-0.2, 0) is 0 Å². The summed E-state index contributed by atoms with van der Waals surface area (Å²) in [5.41, 5.74) is 13.9. The highest BCUT2D eigenvalue weighted by molar-refractivity contribution is 6.17. The molecule has 2 nitrogen and oxygen atoms in total. The molecule has 0 spiro atoms. The molecule has 0 aliphatic heterocycles. The maximum absolute atomic E-state index is 2.43. The summed E-state index contributed by atoms with van der Waals surface area (Å²) in [5, 5.41) is 12.5. The molecule has 308 valence electrons. The summed E-state index contributed by atoms with van der Waals surface area (Å²) < 4.78 is 2.43. The van der Waals surface area contributed by atoms with Crippen LogP contribution in [0, 0.1) is 0 Å². The molecule has 66 heavy (non-hydrogen) atoms. The van der Waals surface area contributed by atoms with E-state index in [-0.39, 0.29) is 0 Å². The van der Waals surface area contributed by atoms with Crippen molar-refractivity contribution in [2.24, 2.45) is 0 Å². The van der Waals surface area contributed by atoms with Gasteiger partial charge in [0.1, 0.15) is 0 Å². The molecule has 0 fully saturated rings. The minimum absolute atomic E-state index is 1.09. The molecule has 1 aromatic heterocycles. The summed E-state index contributed by atoms with van der Waals surface area (Å²) in [6.07, 6.45) is 0. The van der Waals surface area contributed by atoms with Gasteiger partial charge in [-0.3, -0.25) is 0 Å². The van der Waals surface area contributed by atoms with Crippen LogP contribution in [0.3, 0.4) is 0 Å². The van der Waals surface area contributed by atoms with Crippen molar-refractivity contribution in [2.45, 2.75) is 0 Å². The molecule has 0 aliphatic rings. The Balaban J connectivity index is 0.996. The van der Waals surface area contributed by atoms with Gasteiger partial charge in [-0.15, -0.1) is 0 Å². The summed E-state index contributed by atoms with van der Waals surface area (Å²) in [6.45, 7) is 0. The summed E-state index contributed by atoms with van der Waals surface area (Å²) >= 11 is 0. The molecule has 13 rings (SSSR count). The minimum Gasteiger partial charge on any atom is -0.310 e. The Hall–Kier alpha value is -8.72. The van der Waals surface area contributed by atoms with Crippen LogP contribution in [0.5, 0.6) is 0 Å². The number of rotatable bonds is 7. The van der Waals surface area contributed by atoms with E-state index >= 15 is 0 Å². The van der Waals surface area contributed by atoms with Crippen molar-refractivity contribution >= 4 is 82.0 Å². The average molecular weight is 839 g/mol. The standard InChI is InChI=1S/C64H42N2/c1-3-14-43(15-4-1)51-41-61(64-60-24-11-12-25-62(60)66(63(64)42-51)52-19-5-2-6-20-52)48-18-13-21-54(39-48)65(55-35-37-59-50(40-55)29-27-46-17-8-10-23-57(46)59)53-33-30-44(31-34-53)47-32-36-58-49(38-47)28-26-45-16-7-9-22-56(45)58/h1-42H. The Kier molecular flexibility index (Phi) is 8.89. The SMILES string of the molecule is c1ccc(-c2cc(-c3cccc(N(c4ccc(-c5ccc6c(ccc7ccccc76)c5)cc4)c4ccc5c(ccc6ccccc65)c4)c3)c3c4ccccc4n(-c4ccccc4)c3c2)cc1. The van der Waals surface area contributed by atoms with Crippen molar-refractivity contribution in [2.75, 3.05) is 4.90 Å². The normalized spacial score (nSPS) is 11.6. The highest BCUT2D eigenvalue weighted by Crippen LogP contribution is 2.45. The Morgan fingerprint density at radius 1 is 0.258 bits per heavy atom. The monoisotopic (exact) mass is 838 g/mol. The predicted octanol–water partition coefficient (Wildman–Crippen LogP) is 17.9. The molecule has 0 bridgehead atoms. The number of fused-ring (bicyclic) bond motifs is 9. The molecular formula is C64H42N2. The molecule has 2 heteroatoms. The quantitative estimate of drug-likeness (QED) is 0.145. The van der Waals surface area contributed by atoms with Crippen LogP contribution in [0.25, 0.3) is 104 Å². The van der Waals surface area contributed by atoms with Crippen molar-refractivity contribution in [3.05, 3.63) is 255 Å². The predicted molar refractivity (Wildman–Crippen MR) is 282 cm³/mol. The first-order chi connectivity index (χ1) is 32.7. The van der Waals surface area contributed by atoms with Crippen molar-refractivity contribution in [3.63, 3.8) is 0 Å². The van der Waals surface area contributed by atoms with Gasteiger partial charge in [-0.05, 0) is 149 Å². The van der Waals surface area contributed by atoms with Gasteiger partial charge >= 0.3 is 0 Å². The van der Waals surface area contributed by atoms with Gasteiger partial charge in [0.15, 0.2) is 0 Å². The second kappa shape index (κ2) is 15.5. The second-order valence-corrected chi connectivity index (χ2v) is 17.3. The lowest BCUT2D eigenvalue weighted by Gasteiger charge is -2.27. The number of aromatic nitrogens is 1. The maximum atomic E-state index is 2.43. The van der Waals surface area contributed by atoms with Gasteiger partial charge in [0, 0.05) is 33.5 Å². The number of para-hydroxylation sites is 2. The third kappa shape index (κ3) is 6.34. The van der Waals surface area contributed by atoms with Crippen molar-refractivity contribution in [1.29, 1.82) is 0 Å². The van der Waals surface area contributed by atoms with E-state index in [1.807, 2.05) is 0 Å². The second-order valence-electron chi connectivity index (χ2n) is 17.3. The van der Waals surface area contributed by atoms with Crippen LogP contribution in [0.4, 0.5) is 17.1 Å². The van der Waals surface area contributed by atoms with E-state index in [4.69, 9.17) is 0 Å². The van der Waals surface area contributed by atoms with Crippen molar-refractivity contribution < 1.29 is 0 Å². The smallest absolute Gasteiger partial charge is 0.0553 e. The van der Waals surface area contributed by atoms with Gasteiger partial charge in [-0.25, -0.2) is 0 Å². The minimum atomic E-state index is 1.09. The molecule has 0 saturated heterocycles. The van der Waals surface area contributed by atoms with Crippen LogP contribution in [-0.4, -0.2) is 4.57 Å². The Bertz CT molecular complexity index is 3980. The molecular weight excluding hydrogens is 797 g/mol. The summed E-state index contributed by atoms with van der Waals surface area (Å²) in [4.78, 5) is 2.42. The molecule has 12 aromatic carbocycles. The molecule has 0 atom stereocenters. The van der Waals surface area contributed by atoms with E-state index in [2.05, 4.69) is 264 Å². The molecule has 0 radical (unpaired) electrons. The lowest BCUT2D eigenvalue weighted by molar-refractivity contribution is 1.18. The maximum Gasteiger partial charge on any atom is 0.0553 e. The highest BCUT2D eigenvalue weighted by atomic mass is 15.1. The Morgan fingerprint density at radius 3 is 1.53 bits per heavy atom. The number of hydrogen-bond donors (Lipinski definition) is 0. The van der Waals surface area contributed by atoms with Gasteiger partial charge < -0.3 is 9.47 Å². The van der Waals surface area contributed by atoms with Crippen LogP contribution in [0.1, 0.15) is 0 Å². The van der Waals surface area contributed by atoms with Gasteiger partial charge in [-0.1, -0.05) is 182 Å². The van der Waals surface area contributed by atoms with E-state index in [9.17, 15) is 0 Å². The van der Waals surface area contributed by atoms with E-state index in [1.165, 1.54) is 92.7 Å². The number of nitrogens with zero attached hydrogens (tertiary/aromatic N) is 2. The van der Waals surface area contributed by atoms with Crippen LogP contribution in [0.2, 0.25) is 0 Å². The topological polar surface area (TPSA) is 8.17 Å². The fourth-order valence-electron chi connectivity index (χ4n) is 10.4. The zero-order valence-corrected chi connectivity index (χ0v) is 36.1. The highest BCUT2D eigenvalue weighted by Gasteiger charge is 2.20. The first-order valence-corrected chi connectivity index (χ1v) is 22.7. The molecule has 0 saturated carbocycles. The molecule has 0 unspecified atom stereocenters. The van der Waals surface area contributed by atoms with Gasteiger partial charge in [0.25, 0.3) is 0 Å². The fourth-order valence-corrected chi connectivity index (χ4v) is 10.4. The molecule has 13 aromatic rings. The number of anilines is 3. The van der Waals surface area contributed by atoms with Crippen LogP contribution >= 0.6 is 0 Å². The number of benzene rings is 12. The van der Waals surface area contributed by atoms with Crippen LogP contribution in [0.15, 0.2) is 255 Å². The van der Waals surface area contributed by atoms with E-state index in [1.54, 1.807) is 0 Å². The van der Waals surface area contributed by atoms with E-state index in [0.717, 1.165) is 28.3 Å². The van der Waals surface area contributed by atoms with Crippen molar-refractivity contribution in [1.82, 2.24) is 4.57 Å². The molecule has 1 heterocycles. The first-order valence-electron chi connectivity index (χ1n) is 22.7. The molecule has 0 amide bonds. The first kappa shape index (κ1) is 37.8. The van der Waals surface area contributed by atoms with Gasteiger partial charge in [0.2, 0.25) is 0 Å². The summed E-state index contributed by atoms with van der Waals surface area (Å²) in [7, 11) is 0. The van der Waals surface area contributed by atoms with E-state index in [0.29, 0.717) is 0 Å². The zero-order chi connectivity index (χ0) is 43.6. The molecule has 0 N–H and O–H groups in total. The fraction of sp³-hybridized carbons (Fsp3) is 0. The average Bonchev–Trinajstić information content (AvgIpc) is 3.73. The summed E-state index contributed by atoms with van der Waals surface area (Å²) in [5.74, 6) is 0. The van der Waals surface area contributed by atoms with Crippen LogP contribution < -0.4 is 4.90 Å². The zero-order valence-electron chi connectivity index (χ0n) is 36.1. The van der Waals surface area contributed by atoms with Crippen molar-refractivity contribution in [3.8, 4) is 39.1 Å². The van der Waals surface area contributed by atoms with Gasteiger partial charge in [0.05, 0.1) is 11.0 Å². The Morgan fingerprint density at radius 2 is 0.788 bits per heavy atom. The third-order valence-corrected chi connectivity index (χ3v) is 13.5. The lowest BCUT2D eigenvalue weighted by atomic mass is 9.94. The van der Waals surface area contributed by atoms with Gasteiger partial charge in [-0.2, -0.15) is 0 Å². The largest absolute Gasteiger partial charge is 0.310 e. The lowest BCUT2D eigenvalue weighted by Crippen LogP contribution is -2.10. The number of hydrogen-bond acceptors (Lipinski definition) is 1. The Labute approximate surface area is 383 Å².